The first-order chi connectivity index (χ1) is 11.4. The lowest BCUT2D eigenvalue weighted by atomic mass is 10.2. The van der Waals surface area contributed by atoms with Crippen molar-refractivity contribution in [2.24, 2.45) is 5.73 Å². The van der Waals surface area contributed by atoms with Crippen molar-refractivity contribution in [3.8, 4) is 5.75 Å². The Morgan fingerprint density at radius 1 is 1.21 bits per heavy atom. The number of nitrogens with two attached hydrogens (primary N) is 1. The number of hydrogen-bond acceptors (Lipinski definition) is 5. The summed E-state index contributed by atoms with van der Waals surface area (Å²) in [6.45, 7) is 0.317. The Morgan fingerprint density at radius 3 is 2.54 bits per heavy atom. The van der Waals surface area contributed by atoms with Crippen LogP contribution in [-0.4, -0.2) is 19.6 Å². The minimum Gasteiger partial charge on any atom is -0.487 e. The lowest BCUT2D eigenvalue weighted by Gasteiger charge is -2.06. The first-order valence-electron chi connectivity index (χ1n) is 6.84. The summed E-state index contributed by atoms with van der Waals surface area (Å²) in [6.07, 6.45) is -4.69. The van der Waals surface area contributed by atoms with E-state index in [2.05, 4.69) is 9.97 Å². The second kappa shape index (κ2) is 5.96. The summed E-state index contributed by atoms with van der Waals surface area (Å²) in [5, 5.41) is 1.87. The Balaban J connectivity index is 1.83. The Labute approximate surface area is 132 Å². The fraction of sp³-hybridized carbons (Fsp3) is 0.214. The van der Waals surface area contributed by atoms with Crippen molar-refractivity contribution in [2.45, 2.75) is 19.3 Å². The number of fused-ring (bicyclic) bond motifs is 1. The van der Waals surface area contributed by atoms with Crippen molar-refractivity contribution in [1.82, 2.24) is 19.6 Å². The number of benzene rings is 1. The van der Waals surface area contributed by atoms with E-state index in [1.165, 1.54) is 0 Å². The number of hydrogen-bond donors (Lipinski definition) is 2. The Kier molecular flexibility index (Phi) is 3.97. The summed E-state index contributed by atoms with van der Waals surface area (Å²) in [7, 11) is 0. The summed E-state index contributed by atoms with van der Waals surface area (Å²) in [6, 6.07) is 8.04. The zero-order valence-electron chi connectivity index (χ0n) is 12.2. The first kappa shape index (κ1) is 16.0. The van der Waals surface area contributed by atoms with Crippen LogP contribution in [0.5, 0.6) is 5.75 Å². The maximum Gasteiger partial charge on any atom is 0.451 e. The lowest BCUT2D eigenvalue weighted by Crippen LogP contribution is -2.17. The monoisotopic (exact) mass is 339 g/mol. The van der Waals surface area contributed by atoms with E-state index in [1.807, 2.05) is 5.10 Å². The fourth-order valence-corrected chi connectivity index (χ4v) is 2.01. The highest BCUT2D eigenvalue weighted by molar-refractivity contribution is 5.30. The molecule has 3 rings (SSSR count). The number of alkyl halides is 3. The van der Waals surface area contributed by atoms with Crippen LogP contribution in [0.15, 0.2) is 35.1 Å². The Bertz CT molecular complexity index is 915. The van der Waals surface area contributed by atoms with E-state index in [4.69, 9.17) is 10.5 Å². The third-order valence-electron chi connectivity index (χ3n) is 3.20. The van der Waals surface area contributed by atoms with E-state index in [0.29, 0.717) is 16.8 Å². The summed E-state index contributed by atoms with van der Waals surface area (Å²) in [5.41, 5.74) is 5.88. The largest absolute Gasteiger partial charge is 0.487 e. The minimum absolute atomic E-state index is 0.0814. The lowest BCUT2D eigenvalue weighted by molar-refractivity contribution is -0.144. The van der Waals surface area contributed by atoms with Gasteiger partial charge in [0.05, 0.1) is 5.69 Å². The van der Waals surface area contributed by atoms with Gasteiger partial charge in [0, 0.05) is 12.6 Å². The number of H-pyrrole nitrogens is 1. The van der Waals surface area contributed by atoms with Gasteiger partial charge in [-0.05, 0) is 17.7 Å². The van der Waals surface area contributed by atoms with E-state index in [9.17, 15) is 18.0 Å². The highest BCUT2D eigenvalue weighted by Crippen LogP contribution is 2.25. The summed E-state index contributed by atoms with van der Waals surface area (Å²) in [5.74, 6) is -1.14. The normalized spacial score (nSPS) is 11.8. The molecule has 3 aromatic rings. The zero-order valence-corrected chi connectivity index (χ0v) is 12.2. The van der Waals surface area contributed by atoms with Crippen molar-refractivity contribution < 1.29 is 17.9 Å². The molecule has 0 saturated heterocycles. The van der Waals surface area contributed by atoms with Crippen molar-refractivity contribution in [1.29, 1.82) is 0 Å². The number of halogens is 3. The van der Waals surface area contributed by atoms with Crippen molar-refractivity contribution >= 4 is 5.78 Å². The molecule has 0 fully saturated rings. The molecule has 0 aliphatic rings. The number of ether oxygens (including phenoxy) is 1. The second-order valence-electron chi connectivity index (χ2n) is 4.93. The number of rotatable bonds is 4. The molecule has 1 aromatic carbocycles. The van der Waals surface area contributed by atoms with Crippen LogP contribution in [-0.2, 0) is 19.3 Å². The number of nitrogens with zero attached hydrogens (tertiary/aromatic N) is 3. The molecule has 2 aromatic heterocycles. The summed E-state index contributed by atoms with van der Waals surface area (Å²) >= 11 is 0. The van der Waals surface area contributed by atoms with Crippen LogP contribution in [0.25, 0.3) is 5.78 Å². The third kappa shape index (κ3) is 3.23. The van der Waals surface area contributed by atoms with Crippen LogP contribution in [0.2, 0.25) is 0 Å². The SMILES string of the molecule is NCc1ccc(OCc2cc(=O)n3[nH]c(C(F)(F)F)nc3n2)cc1. The molecule has 0 unspecified atom stereocenters. The summed E-state index contributed by atoms with van der Waals surface area (Å²) in [4.78, 5) is 19.0. The first-order valence-corrected chi connectivity index (χ1v) is 6.84. The standard InChI is InChI=1S/C14H12F3N5O2/c15-14(16,17)12-20-13-19-9(5-11(23)22(13)21-12)7-24-10-3-1-8(6-18)2-4-10/h1-5H,6-7,18H2,(H,19,20,21). The maximum absolute atomic E-state index is 12.6. The molecular weight excluding hydrogens is 327 g/mol. The van der Waals surface area contributed by atoms with Crippen LogP contribution < -0.4 is 16.0 Å². The highest BCUT2D eigenvalue weighted by atomic mass is 19.4. The minimum atomic E-state index is -4.69. The Morgan fingerprint density at radius 2 is 1.92 bits per heavy atom. The molecule has 126 valence electrons. The molecule has 3 N–H and O–H groups in total. The molecule has 0 amide bonds. The molecular formula is C14H12F3N5O2. The molecule has 10 heteroatoms. The predicted molar refractivity (Wildman–Crippen MR) is 77.3 cm³/mol. The van der Waals surface area contributed by atoms with E-state index in [1.54, 1.807) is 24.3 Å². The van der Waals surface area contributed by atoms with Gasteiger partial charge in [0.15, 0.2) is 0 Å². The molecule has 0 aliphatic heterocycles. The molecule has 0 spiro atoms. The van der Waals surface area contributed by atoms with E-state index >= 15 is 0 Å². The second-order valence-corrected chi connectivity index (χ2v) is 4.93. The van der Waals surface area contributed by atoms with Gasteiger partial charge in [-0.15, -0.1) is 0 Å². The van der Waals surface area contributed by atoms with E-state index < -0.39 is 17.6 Å². The van der Waals surface area contributed by atoms with Crippen LogP contribution in [0.3, 0.4) is 0 Å². The number of nitrogens with one attached hydrogen (secondary N) is 1. The van der Waals surface area contributed by atoms with Gasteiger partial charge >= 0.3 is 6.18 Å². The average Bonchev–Trinajstić information content (AvgIpc) is 2.98. The van der Waals surface area contributed by atoms with Crippen LogP contribution >= 0.6 is 0 Å². The van der Waals surface area contributed by atoms with Crippen LogP contribution in [0.4, 0.5) is 13.2 Å². The molecule has 0 radical (unpaired) electrons. The van der Waals surface area contributed by atoms with Gasteiger partial charge in [0.1, 0.15) is 12.4 Å². The van der Waals surface area contributed by atoms with Gasteiger partial charge in [0.2, 0.25) is 5.82 Å². The van der Waals surface area contributed by atoms with Crippen molar-refractivity contribution in [2.75, 3.05) is 0 Å². The molecule has 0 aliphatic carbocycles. The zero-order chi connectivity index (χ0) is 17.3. The van der Waals surface area contributed by atoms with Gasteiger partial charge in [-0.2, -0.15) is 22.7 Å². The third-order valence-corrected chi connectivity index (χ3v) is 3.20. The van der Waals surface area contributed by atoms with E-state index in [0.717, 1.165) is 11.6 Å². The van der Waals surface area contributed by atoms with Crippen molar-refractivity contribution in [3.05, 3.63) is 57.8 Å². The van der Waals surface area contributed by atoms with E-state index in [-0.39, 0.29) is 18.1 Å². The van der Waals surface area contributed by atoms with Gasteiger partial charge in [0.25, 0.3) is 11.3 Å². The number of aromatic nitrogens is 4. The topological polar surface area (TPSA) is 98.3 Å². The van der Waals surface area contributed by atoms with Gasteiger partial charge < -0.3 is 10.5 Å². The molecule has 24 heavy (non-hydrogen) atoms. The fourth-order valence-electron chi connectivity index (χ4n) is 2.01. The predicted octanol–water partition coefficient (Wildman–Crippen LogP) is 1.47. The van der Waals surface area contributed by atoms with Gasteiger partial charge in [-0.25, -0.2) is 4.98 Å². The van der Waals surface area contributed by atoms with Crippen LogP contribution in [0.1, 0.15) is 17.1 Å². The molecule has 0 saturated carbocycles. The maximum atomic E-state index is 12.6. The molecule has 7 nitrogen and oxygen atoms in total. The number of aromatic amines is 1. The molecule has 2 heterocycles. The van der Waals surface area contributed by atoms with Gasteiger partial charge in [-0.1, -0.05) is 12.1 Å². The highest BCUT2D eigenvalue weighted by Gasteiger charge is 2.35. The Hall–Kier alpha value is -2.88. The van der Waals surface area contributed by atoms with Crippen molar-refractivity contribution in [3.63, 3.8) is 0 Å². The smallest absolute Gasteiger partial charge is 0.451 e. The van der Waals surface area contributed by atoms with Gasteiger partial charge in [-0.3, -0.25) is 9.89 Å². The molecule has 0 bridgehead atoms. The molecule has 0 atom stereocenters. The quantitative estimate of drug-likeness (QED) is 0.750. The van der Waals surface area contributed by atoms with Crippen LogP contribution in [0, 0.1) is 0 Å². The average molecular weight is 339 g/mol. The summed E-state index contributed by atoms with van der Waals surface area (Å²) < 4.78 is 43.9.